The molecule has 2 atom stereocenters. The quantitative estimate of drug-likeness (QED) is 0.662. The van der Waals surface area contributed by atoms with Gasteiger partial charge in [-0.25, -0.2) is 0 Å². The second-order valence-electron chi connectivity index (χ2n) is 5.54. The molecule has 0 radical (unpaired) electrons. The Bertz CT molecular complexity index is 387. The van der Waals surface area contributed by atoms with Crippen molar-refractivity contribution < 1.29 is 19.7 Å². The van der Waals surface area contributed by atoms with E-state index in [0.717, 1.165) is 24.0 Å². The fourth-order valence-electron chi connectivity index (χ4n) is 1.72. The monoisotopic (exact) mass is 268 g/mol. The van der Waals surface area contributed by atoms with Gasteiger partial charge in [0.15, 0.2) is 0 Å². The van der Waals surface area contributed by atoms with Crippen molar-refractivity contribution in [3.05, 3.63) is 35.8 Å². The van der Waals surface area contributed by atoms with Crippen LogP contribution in [0, 0.1) is 0 Å². The van der Waals surface area contributed by atoms with E-state index in [-0.39, 0.29) is 6.42 Å². The van der Waals surface area contributed by atoms with E-state index in [9.17, 15) is 15.3 Å². The number of hydrogen-bond acceptors (Lipinski definition) is 4. The maximum atomic E-state index is 9.95. The van der Waals surface area contributed by atoms with Crippen LogP contribution in [0.4, 0.5) is 0 Å². The molecular weight excluding hydrogens is 244 g/mol. The van der Waals surface area contributed by atoms with Crippen LogP contribution in [0.25, 0.3) is 0 Å². The number of rotatable bonds is 7. The molecule has 19 heavy (non-hydrogen) atoms. The Morgan fingerprint density at radius 3 is 2.63 bits per heavy atom. The van der Waals surface area contributed by atoms with E-state index < -0.39 is 17.8 Å². The number of aryl methyl sites for hydroxylation is 1. The lowest BCUT2D eigenvalue weighted by molar-refractivity contribution is -0.0640. The highest BCUT2D eigenvalue weighted by molar-refractivity contribution is 5.10. The van der Waals surface area contributed by atoms with Gasteiger partial charge in [-0.1, -0.05) is 6.08 Å². The summed E-state index contributed by atoms with van der Waals surface area (Å²) in [6, 6.07) is 1.91. The summed E-state index contributed by atoms with van der Waals surface area (Å²) in [6.07, 6.45) is 5.42. The predicted molar refractivity (Wildman–Crippen MR) is 73.7 cm³/mol. The molecule has 0 unspecified atom stereocenters. The van der Waals surface area contributed by atoms with E-state index in [0.29, 0.717) is 0 Å². The van der Waals surface area contributed by atoms with Crippen molar-refractivity contribution in [3.63, 3.8) is 0 Å². The first-order valence-electron chi connectivity index (χ1n) is 6.57. The first-order chi connectivity index (χ1) is 8.80. The molecule has 1 aromatic heterocycles. The van der Waals surface area contributed by atoms with Crippen molar-refractivity contribution in [1.82, 2.24) is 0 Å². The van der Waals surface area contributed by atoms with E-state index >= 15 is 0 Å². The van der Waals surface area contributed by atoms with Crippen molar-refractivity contribution in [3.8, 4) is 0 Å². The molecule has 0 bridgehead atoms. The Balaban J connectivity index is 2.41. The van der Waals surface area contributed by atoms with Crippen LogP contribution in [0.15, 0.2) is 34.7 Å². The maximum absolute atomic E-state index is 9.95. The van der Waals surface area contributed by atoms with Gasteiger partial charge >= 0.3 is 0 Å². The molecule has 1 heterocycles. The summed E-state index contributed by atoms with van der Waals surface area (Å²) in [7, 11) is 0. The van der Waals surface area contributed by atoms with E-state index in [4.69, 9.17) is 4.42 Å². The summed E-state index contributed by atoms with van der Waals surface area (Å²) in [5.74, 6) is 0. The van der Waals surface area contributed by atoms with Crippen LogP contribution in [-0.2, 0) is 6.42 Å². The first-order valence-corrected chi connectivity index (χ1v) is 6.57. The molecule has 1 rings (SSSR count). The number of furan rings is 1. The Kier molecular flexibility index (Phi) is 5.79. The molecule has 0 fully saturated rings. The minimum absolute atomic E-state index is 0.136. The molecule has 0 spiro atoms. The number of aliphatic hydroxyl groups is 3. The summed E-state index contributed by atoms with van der Waals surface area (Å²) in [5.41, 5.74) is 0.736. The fourth-order valence-corrected chi connectivity index (χ4v) is 1.72. The Labute approximate surface area is 114 Å². The standard InChI is InChI=1S/C15H24O4/c1-11(5-4-6-12-7-8-19-10-12)13(16)9-14(17)15(2,3)18/h5,7-8,10,13-14,16-18H,4,6,9H2,1-3H3/t13-,14+/m1/s1. The molecule has 0 aliphatic carbocycles. The van der Waals surface area contributed by atoms with Gasteiger partial charge in [-0.15, -0.1) is 0 Å². The molecule has 0 aromatic carbocycles. The zero-order valence-corrected chi connectivity index (χ0v) is 11.8. The molecule has 0 amide bonds. The highest BCUT2D eigenvalue weighted by atomic mass is 16.3. The van der Waals surface area contributed by atoms with Crippen LogP contribution in [0.1, 0.15) is 39.2 Å². The molecule has 0 saturated heterocycles. The summed E-state index contributed by atoms with van der Waals surface area (Å²) >= 11 is 0. The van der Waals surface area contributed by atoms with Gasteiger partial charge in [0.25, 0.3) is 0 Å². The highest BCUT2D eigenvalue weighted by Gasteiger charge is 2.27. The van der Waals surface area contributed by atoms with Gasteiger partial charge in [0.2, 0.25) is 0 Å². The normalized spacial score (nSPS) is 16.4. The third kappa shape index (κ3) is 5.59. The Morgan fingerprint density at radius 1 is 1.42 bits per heavy atom. The Morgan fingerprint density at radius 2 is 2.11 bits per heavy atom. The van der Waals surface area contributed by atoms with Crippen LogP contribution in [0.3, 0.4) is 0 Å². The topological polar surface area (TPSA) is 73.8 Å². The van der Waals surface area contributed by atoms with Crippen LogP contribution in [0.2, 0.25) is 0 Å². The largest absolute Gasteiger partial charge is 0.472 e. The lowest BCUT2D eigenvalue weighted by Crippen LogP contribution is -2.38. The summed E-state index contributed by atoms with van der Waals surface area (Å²) < 4.78 is 4.98. The average molecular weight is 268 g/mol. The predicted octanol–water partition coefficient (Wildman–Crippen LogP) is 2.04. The molecule has 108 valence electrons. The third-order valence-electron chi connectivity index (χ3n) is 3.27. The van der Waals surface area contributed by atoms with E-state index in [1.54, 1.807) is 12.5 Å². The Hall–Kier alpha value is -1.10. The van der Waals surface area contributed by atoms with Gasteiger partial charge in [-0.05, 0) is 50.8 Å². The van der Waals surface area contributed by atoms with Crippen molar-refractivity contribution in [2.45, 2.75) is 57.8 Å². The molecule has 4 nitrogen and oxygen atoms in total. The van der Waals surface area contributed by atoms with Crippen molar-refractivity contribution >= 4 is 0 Å². The molecule has 0 aliphatic heterocycles. The first kappa shape index (κ1) is 16.0. The van der Waals surface area contributed by atoms with Crippen LogP contribution >= 0.6 is 0 Å². The second kappa shape index (κ2) is 6.89. The zero-order chi connectivity index (χ0) is 14.5. The lowest BCUT2D eigenvalue weighted by Gasteiger charge is -2.26. The van der Waals surface area contributed by atoms with Gasteiger partial charge < -0.3 is 19.7 Å². The molecule has 1 aromatic rings. The van der Waals surface area contributed by atoms with E-state index in [2.05, 4.69) is 0 Å². The SMILES string of the molecule is CC(=CCCc1ccoc1)[C@H](O)C[C@H](O)C(C)(C)O. The number of hydrogen-bond donors (Lipinski definition) is 3. The van der Waals surface area contributed by atoms with Crippen LogP contribution < -0.4 is 0 Å². The minimum Gasteiger partial charge on any atom is -0.472 e. The summed E-state index contributed by atoms with van der Waals surface area (Å²) in [5, 5.41) is 29.3. The van der Waals surface area contributed by atoms with E-state index in [1.807, 2.05) is 19.1 Å². The molecule has 0 saturated carbocycles. The van der Waals surface area contributed by atoms with Crippen molar-refractivity contribution in [2.24, 2.45) is 0 Å². The molecule has 4 heteroatoms. The fraction of sp³-hybridized carbons (Fsp3) is 0.600. The smallest absolute Gasteiger partial charge is 0.0934 e. The summed E-state index contributed by atoms with van der Waals surface area (Å²) in [4.78, 5) is 0. The average Bonchev–Trinajstić information content (AvgIpc) is 2.80. The number of allylic oxidation sites excluding steroid dienone is 1. The van der Waals surface area contributed by atoms with Crippen molar-refractivity contribution in [1.29, 1.82) is 0 Å². The van der Waals surface area contributed by atoms with Gasteiger partial charge in [0.05, 0.1) is 30.3 Å². The lowest BCUT2D eigenvalue weighted by atomic mass is 9.93. The molecular formula is C15H24O4. The second-order valence-corrected chi connectivity index (χ2v) is 5.54. The van der Waals surface area contributed by atoms with Gasteiger partial charge in [0, 0.05) is 6.42 Å². The van der Waals surface area contributed by atoms with Gasteiger partial charge in [-0.3, -0.25) is 0 Å². The van der Waals surface area contributed by atoms with Crippen LogP contribution in [-0.4, -0.2) is 33.1 Å². The molecule has 0 aliphatic rings. The minimum atomic E-state index is -1.20. The molecule has 3 N–H and O–H groups in total. The zero-order valence-electron chi connectivity index (χ0n) is 11.8. The summed E-state index contributed by atoms with van der Waals surface area (Å²) in [6.45, 7) is 4.89. The van der Waals surface area contributed by atoms with Crippen LogP contribution in [0.5, 0.6) is 0 Å². The van der Waals surface area contributed by atoms with Gasteiger partial charge in [0.1, 0.15) is 0 Å². The third-order valence-corrected chi connectivity index (χ3v) is 3.27. The van der Waals surface area contributed by atoms with E-state index in [1.165, 1.54) is 13.8 Å². The highest BCUT2D eigenvalue weighted by Crippen LogP contribution is 2.18. The maximum Gasteiger partial charge on any atom is 0.0934 e. The number of aliphatic hydroxyl groups excluding tert-OH is 2. The van der Waals surface area contributed by atoms with Gasteiger partial charge in [-0.2, -0.15) is 0 Å². The van der Waals surface area contributed by atoms with Crippen molar-refractivity contribution in [2.75, 3.05) is 0 Å².